The number of aromatic nitrogens is 1. The minimum absolute atomic E-state index is 0.0668. The second-order valence-corrected chi connectivity index (χ2v) is 7.89. The third-order valence-corrected chi connectivity index (χ3v) is 5.92. The van der Waals surface area contributed by atoms with Crippen LogP contribution in [0.5, 0.6) is 0 Å². The lowest BCUT2D eigenvalue weighted by Gasteiger charge is -2.27. The molecule has 0 bridgehead atoms. The van der Waals surface area contributed by atoms with Gasteiger partial charge in [-0.25, -0.2) is 4.98 Å². The molecule has 2 aromatic carbocycles. The first kappa shape index (κ1) is 19.2. The van der Waals surface area contributed by atoms with Gasteiger partial charge in [-0.2, -0.15) is 0 Å². The lowest BCUT2D eigenvalue weighted by atomic mass is 10.00. The molecule has 2 heterocycles. The summed E-state index contributed by atoms with van der Waals surface area (Å²) in [4.78, 5) is 30.0. The van der Waals surface area contributed by atoms with Crippen molar-refractivity contribution in [1.82, 2.24) is 9.88 Å². The third-order valence-electron chi connectivity index (χ3n) is 5.11. The van der Waals surface area contributed by atoms with Gasteiger partial charge in [0, 0.05) is 42.2 Å². The molecule has 1 aromatic heterocycles. The van der Waals surface area contributed by atoms with Crippen LogP contribution < -0.4 is 5.32 Å². The maximum Gasteiger partial charge on any atom is 0.273 e. The Bertz CT molecular complexity index is 1080. The molecule has 7 nitrogen and oxygen atoms in total. The summed E-state index contributed by atoms with van der Waals surface area (Å²) in [5.74, 6) is -0.390. The highest BCUT2D eigenvalue weighted by molar-refractivity contribution is 7.14. The molecule has 0 atom stereocenters. The number of fused-ring (bicyclic) bond motifs is 1. The maximum atomic E-state index is 12.6. The second-order valence-electron chi connectivity index (χ2n) is 7.03. The number of amides is 1. The van der Waals surface area contributed by atoms with E-state index in [4.69, 9.17) is 0 Å². The van der Waals surface area contributed by atoms with Gasteiger partial charge in [0.05, 0.1) is 10.6 Å². The number of anilines is 1. The summed E-state index contributed by atoms with van der Waals surface area (Å²) in [6.45, 7) is 4.16. The highest BCUT2D eigenvalue weighted by Crippen LogP contribution is 2.24. The van der Waals surface area contributed by atoms with E-state index in [1.165, 1.54) is 34.6 Å². The van der Waals surface area contributed by atoms with E-state index < -0.39 is 4.92 Å². The molecule has 1 aliphatic rings. The van der Waals surface area contributed by atoms with E-state index in [0.717, 1.165) is 31.7 Å². The van der Waals surface area contributed by atoms with Crippen LogP contribution in [0.25, 0.3) is 0 Å². The smallest absolute Gasteiger partial charge is 0.273 e. The van der Waals surface area contributed by atoms with E-state index in [9.17, 15) is 14.9 Å². The van der Waals surface area contributed by atoms with Crippen LogP contribution >= 0.6 is 11.3 Å². The first-order valence-electron chi connectivity index (χ1n) is 9.30. The standard InChI is InChI=1S/C21H20N4O3S/c1-14-18(7-4-8-19(14)25(27)28)20(26)23-21-22-17(13-29-21)12-24-10-9-15-5-2-3-6-16(15)11-24/h2-8,13H,9-12H2,1H3,(H,22,23,26). The fraction of sp³-hybridized carbons (Fsp3) is 0.238. The summed E-state index contributed by atoms with van der Waals surface area (Å²) >= 11 is 1.36. The molecule has 4 rings (SSSR count). The monoisotopic (exact) mass is 408 g/mol. The van der Waals surface area contributed by atoms with Gasteiger partial charge >= 0.3 is 0 Å². The van der Waals surface area contributed by atoms with Crippen molar-refractivity contribution < 1.29 is 9.72 Å². The molecular weight excluding hydrogens is 388 g/mol. The Kier molecular flexibility index (Phi) is 5.37. The van der Waals surface area contributed by atoms with Crippen LogP contribution in [-0.4, -0.2) is 27.3 Å². The molecule has 29 heavy (non-hydrogen) atoms. The Balaban J connectivity index is 1.42. The first-order chi connectivity index (χ1) is 14.0. The molecule has 0 saturated carbocycles. The zero-order valence-electron chi connectivity index (χ0n) is 15.9. The minimum Gasteiger partial charge on any atom is -0.298 e. The topological polar surface area (TPSA) is 88.4 Å². The van der Waals surface area contributed by atoms with Crippen molar-refractivity contribution in [3.8, 4) is 0 Å². The van der Waals surface area contributed by atoms with Crippen LogP contribution in [0.3, 0.4) is 0 Å². The van der Waals surface area contributed by atoms with Crippen molar-refractivity contribution in [3.63, 3.8) is 0 Å². The normalized spacial score (nSPS) is 13.7. The maximum absolute atomic E-state index is 12.6. The van der Waals surface area contributed by atoms with Crippen molar-refractivity contribution in [2.75, 3.05) is 11.9 Å². The van der Waals surface area contributed by atoms with E-state index in [1.54, 1.807) is 13.0 Å². The van der Waals surface area contributed by atoms with Crippen LogP contribution in [0.1, 0.15) is 32.7 Å². The predicted molar refractivity (Wildman–Crippen MR) is 112 cm³/mol. The Morgan fingerprint density at radius 2 is 2.03 bits per heavy atom. The van der Waals surface area contributed by atoms with Crippen LogP contribution in [0.4, 0.5) is 10.8 Å². The van der Waals surface area contributed by atoms with Crippen molar-refractivity contribution in [1.29, 1.82) is 0 Å². The zero-order valence-corrected chi connectivity index (χ0v) is 16.7. The highest BCUT2D eigenvalue weighted by Gasteiger charge is 2.20. The van der Waals surface area contributed by atoms with Crippen molar-refractivity contribution in [2.45, 2.75) is 26.4 Å². The number of benzene rings is 2. The molecule has 148 valence electrons. The Morgan fingerprint density at radius 1 is 1.24 bits per heavy atom. The van der Waals surface area contributed by atoms with E-state index in [2.05, 4.69) is 39.5 Å². The molecule has 0 saturated heterocycles. The Hall–Kier alpha value is -3.10. The quantitative estimate of drug-likeness (QED) is 0.506. The van der Waals surface area contributed by atoms with Crippen molar-refractivity contribution in [2.24, 2.45) is 0 Å². The second kappa shape index (κ2) is 8.10. The molecule has 0 radical (unpaired) electrons. The van der Waals surface area contributed by atoms with Crippen LogP contribution in [-0.2, 0) is 19.5 Å². The van der Waals surface area contributed by atoms with Gasteiger partial charge < -0.3 is 0 Å². The number of nitro benzene ring substituents is 1. The van der Waals surface area contributed by atoms with E-state index in [-0.39, 0.29) is 17.2 Å². The Labute approximate surface area is 172 Å². The zero-order chi connectivity index (χ0) is 20.4. The fourth-order valence-electron chi connectivity index (χ4n) is 3.59. The average molecular weight is 408 g/mol. The summed E-state index contributed by atoms with van der Waals surface area (Å²) in [5.41, 5.74) is 4.22. The molecule has 0 spiro atoms. The van der Waals surface area contributed by atoms with Gasteiger partial charge in [0.1, 0.15) is 0 Å². The molecular formula is C21H20N4O3S. The molecule has 1 amide bonds. The number of hydrogen-bond acceptors (Lipinski definition) is 6. The van der Waals surface area contributed by atoms with Crippen LogP contribution in [0, 0.1) is 17.0 Å². The molecule has 1 aliphatic heterocycles. The number of carbonyl (C=O) groups excluding carboxylic acids is 1. The predicted octanol–water partition coefficient (Wildman–Crippen LogP) is 4.17. The Morgan fingerprint density at radius 3 is 2.83 bits per heavy atom. The summed E-state index contributed by atoms with van der Waals surface area (Å²) in [5, 5.41) is 16.3. The number of nitrogens with zero attached hydrogens (tertiary/aromatic N) is 3. The minimum atomic E-state index is -0.482. The number of nitro groups is 1. The van der Waals surface area contributed by atoms with E-state index in [1.807, 2.05) is 5.38 Å². The highest BCUT2D eigenvalue weighted by atomic mass is 32.1. The summed E-state index contributed by atoms with van der Waals surface area (Å²) < 4.78 is 0. The van der Waals surface area contributed by atoms with Crippen LogP contribution in [0.15, 0.2) is 47.8 Å². The lowest BCUT2D eigenvalue weighted by molar-refractivity contribution is -0.385. The summed E-state index contributed by atoms with van der Waals surface area (Å²) in [7, 11) is 0. The average Bonchev–Trinajstić information content (AvgIpc) is 3.14. The first-order valence-corrected chi connectivity index (χ1v) is 10.2. The number of rotatable bonds is 5. The SMILES string of the molecule is Cc1c(C(=O)Nc2nc(CN3CCc4ccccc4C3)cs2)cccc1[N+](=O)[O-]. The van der Waals surface area contributed by atoms with Crippen molar-refractivity contribution >= 4 is 28.1 Å². The van der Waals surface area contributed by atoms with Gasteiger partial charge in [-0.1, -0.05) is 30.3 Å². The lowest BCUT2D eigenvalue weighted by Crippen LogP contribution is -2.30. The summed E-state index contributed by atoms with van der Waals surface area (Å²) in [6.07, 6.45) is 1.02. The number of hydrogen-bond donors (Lipinski definition) is 1. The van der Waals surface area contributed by atoms with E-state index >= 15 is 0 Å². The number of carbonyl (C=O) groups is 1. The van der Waals surface area contributed by atoms with Crippen LogP contribution in [0.2, 0.25) is 0 Å². The molecule has 8 heteroatoms. The molecule has 1 N–H and O–H groups in total. The number of nitrogens with one attached hydrogen (secondary N) is 1. The van der Waals surface area contributed by atoms with Gasteiger partial charge in [0.25, 0.3) is 11.6 Å². The van der Waals surface area contributed by atoms with Gasteiger partial charge in [-0.3, -0.25) is 25.1 Å². The van der Waals surface area contributed by atoms with E-state index in [0.29, 0.717) is 10.7 Å². The largest absolute Gasteiger partial charge is 0.298 e. The van der Waals surface area contributed by atoms with Crippen molar-refractivity contribution in [3.05, 3.63) is 85.9 Å². The van der Waals surface area contributed by atoms with Gasteiger partial charge in [0.2, 0.25) is 0 Å². The molecule has 0 fully saturated rings. The van der Waals surface area contributed by atoms with Gasteiger partial charge in [0.15, 0.2) is 5.13 Å². The molecule has 0 aliphatic carbocycles. The molecule has 0 unspecified atom stereocenters. The third kappa shape index (κ3) is 4.18. The van der Waals surface area contributed by atoms with Gasteiger partial charge in [-0.05, 0) is 30.5 Å². The fourth-order valence-corrected chi connectivity index (χ4v) is 4.28. The van der Waals surface area contributed by atoms with Gasteiger partial charge in [-0.15, -0.1) is 11.3 Å². The summed E-state index contributed by atoms with van der Waals surface area (Å²) in [6, 6.07) is 13.0. The number of thiazole rings is 1. The molecule has 3 aromatic rings.